The first-order valence-electron chi connectivity index (χ1n) is 6.34. The van der Waals surface area contributed by atoms with E-state index < -0.39 is 0 Å². The Labute approximate surface area is 117 Å². The Morgan fingerprint density at radius 1 is 1.17 bits per heavy atom. The van der Waals surface area contributed by atoms with Crippen molar-refractivity contribution in [3.8, 4) is 11.5 Å². The highest BCUT2D eigenvalue weighted by molar-refractivity contribution is 9.10. The van der Waals surface area contributed by atoms with Gasteiger partial charge >= 0.3 is 0 Å². The maximum Gasteiger partial charge on any atom is 0.137 e. The second kappa shape index (κ2) is 5.93. The lowest BCUT2D eigenvalue weighted by Gasteiger charge is -2.21. The van der Waals surface area contributed by atoms with Gasteiger partial charge in [0.1, 0.15) is 16.0 Å². The van der Waals surface area contributed by atoms with E-state index in [4.69, 9.17) is 15.2 Å². The third-order valence-corrected chi connectivity index (χ3v) is 4.54. The fraction of sp³-hybridized carbons (Fsp3) is 0.571. The second-order valence-corrected chi connectivity index (χ2v) is 5.60. The third-order valence-electron chi connectivity index (χ3n) is 3.76. The van der Waals surface area contributed by atoms with Gasteiger partial charge in [-0.3, -0.25) is 0 Å². The molecule has 0 radical (unpaired) electrons. The molecule has 100 valence electrons. The van der Waals surface area contributed by atoms with Crippen molar-refractivity contribution in [3.05, 3.63) is 22.2 Å². The molecule has 1 aromatic rings. The van der Waals surface area contributed by atoms with Gasteiger partial charge in [0.15, 0.2) is 0 Å². The predicted molar refractivity (Wildman–Crippen MR) is 76.1 cm³/mol. The zero-order chi connectivity index (χ0) is 13.1. The van der Waals surface area contributed by atoms with Crippen molar-refractivity contribution in [3.63, 3.8) is 0 Å². The van der Waals surface area contributed by atoms with Gasteiger partial charge in [-0.15, -0.1) is 0 Å². The first-order valence-corrected chi connectivity index (χ1v) is 7.13. The summed E-state index contributed by atoms with van der Waals surface area (Å²) in [7, 11) is 3.31. The van der Waals surface area contributed by atoms with E-state index >= 15 is 0 Å². The van der Waals surface area contributed by atoms with Gasteiger partial charge in [-0.05, 0) is 52.4 Å². The van der Waals surface area contributed by atoms with Gasteiger partial charge in [0.2, 0.25) is 0 Å². The van der Waals surface area contributed by atoms with E-state index in [9.17, 15) is 0 Å². The molecule has 1 aliphatic rings. The van der Waals surface area contributed by atoms with Crippen LogP contribution < -0.4 is 15.2 Å². The van der Waals surface area contributed by atoms with Crippen LogP contribution >= 0.6 is 15.9 Å². The van der Waals surface area contributed by atoms with E-state index in [1.807, 2.05) is 12.1 Å². The molecule has 1 aliphatic carbocycles. The van der Waals surface area contributed by atoms with Gasteiger partial charge in [-0.2, -0.15) is 0 Å². The van der Waals surface area contributed by atoms with Gasteiger partial charge in [-0.1, -0.05) is 12.8 Å². The molecule has 4 heteroatoms. The highest BCUT2D eigenvalue weighted by atomic mass is 79.9. The van der Waals surface area contributed by atoms with E-state index in [1.54, 1.807) is 14.2 Å². The Balaban J connectivity index is 2.31. The van der Waals surface area contributed by atoms with Crippen LogP contribution in [0.5, 0.6) is 11.5 Å². The number of nitrogens with two attached hydrogens (primary N) is 1. The summed E-state index contributed by atoms with van der Waals surface area (Å²) in [4.78, 5) is 0. The second-order valence-electron chi connectivity index (χ2n) is 4.81. The molecular formula is C14H20BrNO2. The molecule has 1 atom stereocenters. The Morgan fingerprint density at radius 3 is 2.11 bits per heavy atom. The van der Waals surface area contributed by atoms with Crippen LogP contribution in [-0.2, 0) is 0 Å². The third kappa shape index (κ3) is 2.64. The molecule has 2 rings (SSSR count). The molecule has 18 heavy (non-hydrogen) atoms. The predicted octanol–water partition coefficient (Wildman–Crippen LogP) is 3.66. The topological polar surface area (TPSA) is 44.5 Å². The summed E-state index contributed by atoms with van der Waals surface area (Å²) in [6, 6.07) is 4.09. The summed E-state index contributed by atoms with van der Waals surface area (Å²) >= 11 is 3.48. The molecular weight excluding hydrogens is 294 g/mol. The maximum absolute atomic E-state index is 6.37. The highest BCUT2D eigenvalue weighted by Crippen LogP contribution is 2.40. The average molecular weight is 314 g/mol. The Kier molecular flexibility index (Phi) is 4.51. The molecule has 0 heterocycles. The van der Waals surface area contributed by atoms with Gasteiger partial charge < -0.3 is 15.2 Å². The van der Waals surface area contributed by atoms with Crippen molar-refractivity contribution in [2.24, 2.45) is 11.7 Å². The smallest absolute Gasteiger partial charge is 0.137 e. The number of hydrogen-bond donors (Lipinski definition) is 1. The Hall–Kier alpha value is -0.740. The zero-order valence-electron chi connectivity index (χ0n) is 10.9. The van der Waals surface area contributed by atoms with Crippen LogP contribution in [0.2, 0.25) is 0 Å². The van der Waals surface area contributed by atoms with Crippen LogP contribution in [0.3, 0.4) is 0 Å². The van der Waals surface area contributed by atoms with Crippen molar-refractivity contribution >= 4 is 15.9 Å². The highest BCUT2D eigenvalue weighted by Gasteiger charge is 2.24. The van der Waals surface area contributed by atoms with Crippen molar-refractivity contribution in [2.45, 2.75) is 31.7 Å². The first kappa shape index (κ1) is 13.7. The lowest BCUT2D eigenvalue weighted by molar-refractivity contribution is 0.383. The average Bonchev–Trinajstić information content (AvgIpc) is 2.92. The summed E-state index contributed by atoms with van der Waals surface area (Å²) in [5.41, 5.74) is 7.47. The SMILES string of the molecule is COc1cc([C@@H](N)C2CCCC2)cc(OC)c1Br. The fourth-order valence-corrected chi connectivity index (χ4v) is 3.22. The molecule has 1 saturated carbocycles. The standard InChI is InChI=1S/C14H20BrNO2/c1-17-11-7-10(8-12(18-2)13(11)15)14(16)9-5-3-4-6-9/h7-9,14H,3-6,16H2,1-2H3/t14-/m0/s1. The summed E-state index contributed by atoms with van der Waals surface area (Å²) in [5, 5.41) is 0. The first-order chi connectivity index (χ1) is 8.67. The number of ether oxygens (including phenoxy) is 2. The van der Waals surface area contributed by atoms with Crippen LogP contribution in [0, 0.1) is 5.92 Å². The minimum Gasteiger partial charge on any atom is -0.495 e. The number of methoxy groups -OCH3 is 2. The van der Waals surface area contributed by atoms with E-state index in [0.717, 1.165) is 21.5 Å². The quantitative estimate of drug-likeness (QED) is 0.922. The molecule has 1 aromatic carbocycles. The van der Waals surface area contributed by atoms with E-state index in [0.29, 0.717) is 5.92 Å². The van der Waals surface area contributed by atoms with Gasteiger partial charge in [0.25, 0.3) is 0 Å². The monoisotopic (exact) mass is 313 g/mol. The molecule has 1 fully saturated rings. The van der Waals surface area contributed by atoms with Gasteiger partial charge in [-0.25, -0.2) is 0 Å². The molecule has 0 saturated heterocycles. The number of benzene rings is 1. The van der Waals surface area contributed by atoms with Gasteiger partial charge in [0, 0.05) is 6.04 Å². The van der Waals surface area contributed by atoms with Crippen LogP contribution in [0.25, 0.3) is 0 Å². The molecule has 0 amide bonds. The van der Waals surface area contributed by atoms with E-state index in [-0.39, 0.29) is 6.04 Å². The number of hydrogen-bond acceptors (Lipinski definition) is 3. The molecule has 0 unspecified atom stereocenters. The molecule has 0 aromatic heterocycles. The zero-order valence-corrected chi connectivity index (χ0v) is 12.5. The normalized spacial score (nSPS) is 17.8. The maximum atomic E-state index is 6.37. The fourth-order valence-electron chi connectivity index (χ4n) is 2.67. The summed E-state index contributed by atoms with van der Waals surface area (Å²) in [6.45, 7) is 0. The lowest BCUT2D eigenvalue weighted by Crippen LogP contribution is -2.19. The van der Waals surface area contributed by atoms with Crippen LogP contribution in [0.1, 0.15) is 37.3 Å². The number of rotatable bonds is 4. The Morgan fingerprint density at radius 2 is 1.67 bits per heavy atom. The molecule has 2 N–H and O–H groups in total. The van der Waals surface area contributed by atoms with Crippen LogP contribution in [-0.4, -0.2) is 14.2 Å². The molecule has 0 aliphatic heterocycles. The van der Waals surface area contributed by atoms with Crippen molar-refractivity contribution < 1.29 is 9.47 Å². The van der Waals surface area contributed by atoms with Crippen LogP contribution in [0.15, 0.2) is 16.6 Å². The number of halogens is 1. The summed E-state index contributed by atoms with van der Waals surface area (Å²) in [6.07, 6.45) is 5.04. The van der Waals surface area contributed by atoms with E-state index in [2.05, 4.69) is 15.9 Å². The van der Waals surface area contributed by atoms with E-state index in [1.165, 1.54) is 25.7 Å². The summed E-state index contributed by atoms with van der Waals surface area (Å²) in [5.74, 6) is 2.14. The largest absolute Gasteiger partial charge is 0.495 e. The van der Waals surface area contributed by atoms with Crippen molar-refractivity contribution in [2.75, 3.05) is 14.2 Å². The minimum absolute atomic E-state index is 0.0726. The lowest BCUT2D eigenvalue weighted by atomic mass is 9.92. The minimum atomic E-state index is 0.0726. The Bertz CT molecular complexity index is 391. The van der Waals surface area contributed by atoms with Crippen molar-refractivity contribution in [1.29, 1.82) is 0 Å². The van der Waals surface area contributed by atoms with Gasteiger partial charge in [0.05, 0.1) is 14.2 Å². The summed E-state index contributed by atoms with van der Waals surface area (Å²) < 4.78 is 11.6. The molecule has 0 bridgehead atoms. The molecule has 0 spiro atoms. The van der Waals surface area contributed by atoms with Crippen molar-refractivity contribution in [1.82, 2.24) is 0 Å². The van der Waals surface area contributed by atoms with Crippen LogP contribution in [0.4, 0.5) is 0 Å². The molecule has 3 nitrogen and oxygen atoms in total.